The number of nitro groups is 1. The van der Waals surface area contributed by atoms with Crippen LogP contribution in [0.2, 0.25) is 0 Å². The normalized spacial score (nSPS) is 14.5. The van der Waals surface area contributed by atoms with E-state index < -0.39 is 22.8 Å². The number of nitrogens with one attached hydrogen (secondary N) is 1. The number of nitro benzene ring substituents is 1. The number of anilines is 1. The first kappa shape index (κ1) is 24.9. The molecule has 2 aromatic rings. The van der Waals surface area contributed by atoms with E-state index in [2.05, 4.69) is 18.5 Å². The molecule has 3 rings (SSSR count). The van der Waals surface area contributed by atoms with Crippen LogP contribution in [0.5, 0.6) is 11.5 Å². The Morgan fingerprint density at radius 2 is 1.89 bits per heavy atom. The third-order valence-electron chi connectivity index (χ3n) is 4.88. The van der Waals surface area contributed by atoms with Crippen LogP contribution in [0.3, 0.4) is 0 Å². The zero-order chi connectivity index (χ0) is 25.5. The smallest absolute Gasteiger partial charge is 0.335 e. The van der Waals surface area contributed by atoms with Gasteiger partial charge in [-0.05, 0) is 43.2 Å². The number of amides is 4. The lowest BCUT2D eigenvalue weighted by Crippen LogP contribution is -2.54. The summed E-state index contributed by atoms with van der Waals surface area (Å²) in [6.45, 7) is 9.78. The van der Waals surface area contributed by atoms with Crippen molar-refractivity contribution < 1.29 is 28.8 Å². The minimum Gasteiger partial charge on any atom is -0.490 e. The third kappa shape index (κ3) is 5.44. The fraction of sp³-hybridized carbons (Fsp3) is 0.160. The summed E-state index contributed by atoms with van der Waals surface area (Å²) in [5.74, 6) is -0.927. The zero-order valence-corrected chi connectivity index (χ0v) is 19.0. The zero-order valence-electron chi connectivity index (χ0n) is 19.0. The number of barbiturate groups is 1. The number of allylic oxidation sites excluding steroid dienone is 1. The number of ether oxygens (including phenoxy) is 2. The second kappa shape index (κ2) is 10.9. The van der Waals surface area contributed by atoms with Gasteiger partial charge in [0, 0.05) is 17.7 Å². The maximum absolute atomic E-state index is 13.2. The molecule has 0 spiro atoms. The summed E-state index contributed by atoms with van der Waals surface area (Å²) < 4.78 is 11.5. The van der Waals surface area contributed by atoms with Gasteiger partial charge in [-0.2, -0.15) is 0 Å². The van der Waals surface area contributed by atoms with Crippen molar-refractivity contribution >= 4 is 35.3 Å². The number of carbonyl (C=O) groups excluding carboxylic acids is 3. The van der Waals surface area contributed by atoms with E-state index in [-0.39, 0.29) is 23.6 Å². The second-order valence-electron chi connectivity index (χ2n) is 7.27. The molecule has 35 heavy (non-hydrogen) atoms. The van der Waals surface area contributed by atoms with Crippen LogP contribution in [0.1, 0.15) is 18.1 Å². The van der Waals surface area contributed by atoms with Gasteiger partial charge in [-0.15, -0.1) is 6.58 Å². The van der Waals surface area contributed by atoms with Crippen LogP contribution >= 0.6 is 0 Å². The number of carbonyl (C=O) groups is 3. The molecule has 0 atom stereocenters. The topological polar surface area (TPSA) is 128 Å². The van der Waals surface area contributed by atoms with Crippen molar-refractivity contribution in [2.75, 3.05) is 18.1 Å². The number of hydrogen-bond acceptors (Lipinski definition) is 7. The Morgan fingerprint density at radius 1 is 1.11 bits per heavy atom. The lowest BCUT2D eigenvalue weighted by molar-refractivity contribution is -0.384. The van der Waals surface area contributed by atoms with Crippen LogP contribution < -0.4 is 19.7 Å². The molecule has 0 radical (unpaired) electrons. The summed E-state index contributed by atoms with van der Waals surface area (Å²) >= 11 is 0. The van der Waals surface area contributed by atoms with Gasteiger partial charge in [-0.3, -0.25) is 25.0 Å². The van der Waals surface area contributed by atoms with Crippen molar-refractivity contribution in [1.29, 1.82) is 0 Å². The van der Waals surface area contributed by atoms with E-state index in [0.717, 1.165) is 6.07 Å². The quantitative estimate of drug-likeness (QED) is 0.180. The molecule has 4 amide bonds. The highest BCUT2D eigenvalue weighted by atomic mass is 16.6. The number of nitrogens with zero attached hydrogens (tertiary/aromatic N) is 2. The predicted octanol–water partition coefficient (Wildman–Crippen LogP) is 3.95. The van der Waals surface area contributed by atoms with Gasteiger partial charge in [0.05, 0.1) is 17.2 Å². The largest absolute Gasteiger partial charge is 0.490 e. The first-order valence-electron chi connectivity index (χ1n) is 10.6. The van der Waals surface area contributed by atoms with E-state index >= 15 is 0 Å². The first-order chi connectivity index (χ1) is 16.8. The van der Waals surface area contributed by atoms with Gasteiger partial charge in [0.2, 0.25) is 0 Å². The molecule has 1 fully saturated rings. The first-order valence-corrected chi connectivity index (χ1v) is 10.6. The van der Waals surface area contributed by atoms with Crippen LogP contribution in [0.25, 0.3) is 6.08 Å². The Hall–Kier alpha value is -4.73. The van der Waals surface area contributed by atoms with Gasteiger partial charge < -0.3 is 9.47 Å². The van der Waals surface area contributed by atoms with Gasteiger partial charge in [0.1, 0.15) is 12.2 Å². The van der Waals surface area contributed by atoms with E-state index in [9.17, 15) is 24.5 Å². The van der Waals surface area contributed by atoms with E-state index in [1.165, 1.54) is 24.3 Å². The Balaban J connectivity index is 2.08. The second-order valence-corrected chi connectivity index (χ2v) is 7.27. The highest BCUT2D eigenvalue weighted by Gasteiger charge is 2.37. The number of non-ortho nitro benzene ring substituents is 1. The van der Waals surface area contributed by atoms with E-state index in [1.54, 1.807) is 31.2 Å². The van der Waals surface area contributed by atoms with Crippen molar-refractivity contribution in [2.45, 2.75) is 13.3 Å². The molecule has 0 bridgehead atoms. The van der Waals surface area contributed by atoms with Crippen LogP contribution in [0, 0.1) is 10.1 Å². The molecule has 0 aromatic heterocycles. The summed E-state index contributed by atoms with van der Waals surface area (Å²) in [4.78, 5) is 49.3. The highest BCUT2D eigenvalue weighted by molar-refractivity contribution is 6.39. The Kier molecular flexibility index (Phi) is 7.77. The average molecular weight is 477 g/mol. The molecule has 180 valence electrons. The van der Waals surface area contributed by atoms with Crippen molar-refractivity contribution in [3.63, 3.8) is 0 Å². The van der Waals surface area contributed by atoms with Crippen molar-refractivity contribution in [3.05, 3.63) is 88.5 Å². The standard InChI is InChI=1S/C25H23N3O7/c1-4-8-17-12-16(14-21(34-6-3)22(17)35-11-5-2)13-20-23(29)26-25(31)27(24(20)30)18-9-7-10-19(15-18)28(32)33/h4-5,7,9-10,12-15H,1-2,6,8,11H2,3H3,(H,26,29,31)/b20-13+. The summed E-state index contributed by atoms with van der Waals surface area (Å²) in [6, 6.07) is 7.31. The van der Waals surface area contributed by atoms with Gasteiger partial charge in [0.25, 0.3) is 17.5 Å². The fourth-order valence-corrected chi connectivity index (χ4v) is 3.45. The third-order valence-corrected chi connectivity index (χ3v) is 4.88. The fourth-order valence-electron chi connectivity index (χ4n) is 3.45. The van der Waals surface area contributed by atoms with Crippen LogP contribution in [0.15, 0.2) is 67.3 Å². The van der Waals surface area contributed by atoms with E-state index in [1.807, 2.05) is 0 Å². The number of imide groups is 2. The molecule has 1 aliphatic heterocycles. The van der Waals surface area contributed by atoms with Crippen molar-refractivity contribution in [1.82, 2.24) is 5.32 Å². The van der Waals surface area contributed by atoms with Crippen molar-refractivity contribution in [3.8, 4) is 11.5 Å². The maximum atomic E-state index is 13.2. The summed E-state index contributed by atoms with van der Waals surface area (Å²) in [5, 5.41) is 13.2. The van der Waals surface area contributed by atoms with Crippen LogP contribution in [0.4, 0.5) is 16.2 Å². The minimum absolute atomic E-state index is 0.0457. The molecule has 0 aliphatic carbocycles. The molecular formula is C25H23N3O7. The molecule has 1 saturated heterocycles. The van der Waals surface area contributed by atoms with Gasteiger partial charge >= 0.3 is 6.03 Å². The van der Waals surface area contributed by atoms with Gasteiger partial charge in [-0.25, -0.2) is 9.69 Å². The van der Waals surface area contributed by atoms with Crippen molar-refractivity contribution in [2.24, 2.45) is 0 Å². The number of benzene rings is 2. The van der Waals surface area contributed by atoms with E-state index in [4.69, 9.17) is 9.47 Å². The molecule has 1 aliphatic rings. The Morgan fingerprint density at radius 3 is 2.54 bits per heavy atom. The molecule has 10 nitrogen and oxygen atoms in total. The van der Waals surface area contributed by atoms with Crippen LogP contribution in [-0.2, 0) is 16.0 Å². The SMILES string of the molecule is C=CCOc1c(CC=C)cc(/C=C2\C(=O)NC(=O)N(c3cccc([N+](=O)[O-])c3)C2=O)cc1OCC. The Bertz CT molecular complexity index is 1250. The summed E-state index contributed by atoms with van der Waals surface area (Å²) in [6.07, 6.45) is 5.00. The molecule has 1 N–H and O–H groups in total. The average Bonchev–Trinajstić information content (AvgIpc) is 2.82. The molecule has 2 aromatic carbocycles. The lowest BCUT2D eigenvalue weighted by Gasteiger charge is -2.26. The Labute approximate surface area is 201 Å². The molecule has 1 heterocycles. The summed E-state index contributed by atoms with van der Waals surface area (Å²) in [5.41, 5.74) is 0.465. The molecule has 0 unspecified atom stereocenters. The molecule has 10 heteroatoms. The number of urea groups is 1. The predicted molar refractivity (Wildman–Crippen MR) is 129 cm³/mol. The lowest BCUT2D eigenvalue weighted by atomic mass is 10.0. The minimum atomic E-state index is -1.01. The number of rotatable bonds is 10. The van der Waals surface area contributed by atoms with E-state index in [0.29, 0.717) is 40.6 Å². The maximum Gasteiger partial charge on any atom is 0.335 e. The highest BCUT2D eigenvalue weighted by Crippen LogP contribution is 2.35. The van der Waals surface area contributed by atoms with Crippen LogP contribution in [-0.4, -0.2) is 36.0 Å². The monoisotopic (exact) mass is 477 g/mol. The number of hydrogen-bond donors (Lipinski definition) is 1. The van der Waals surface area contributed by atoms with Gasteiger partial charge in [-0.1, -0.05) is 24.8 Å². The molecular weight excluding hydrogens is 454 g/mol. The van der Waals surface area contributed by atoms with Gasteiger partial charge in [0.15, 0.2) is 11.5 Å². The molecule has 0 saturated carbocycles. The summed E-state index contributed by atoms with van der Waals surface area (Å²) in [7, 11) is 0.